The first-order chi connectivity index (χ1) is 6.77. The number of hydrogen-bond donors (Lipinski definition) is 0. The van der Waals surface area contributed by atoms with Crippen LogP contribution in [0.3, 0.4) is 0 Å². The van der Waals surface area contributed by atoms with Crippen molar-refractivity contribution in [2.75, 3.05) is 0 Å². The van der Waals surface area contributed by atoms with Crippen LogP contribution in [0.15, 0.2) is 6.20 Å². The first kappa shape index (κ1) is 9.22. The van der Waals surface area contributed by atoms with Crippen molar-refractivity contribution < 1.29 is 0 Å². The molecule has 2 heterocycles. The number of rotatable bonds is 2. The minimum atomic E-state index is 0.435. The zero-order valence-corrected chi connectivity index (χ0v) is 9.06. The number of aromatic nitrogens is 2. The van der Waals surface area contributed by atoms with Crippen LogP contribution in [0.1, 0.15) is 23.2 Å². The van der Waals surface area contributed by atoms with Crippen molar-refractivity contribution in [2.45, 2.75) is 26.7 Å². The molecule has 0 aliphatic heterocycles. The van der Waals surface area contributed by atoms with Gasteiger partial charge < -0.3 is 0 Å². The van der Waals surface area contributed by atoms with E-state index < -0.39 is 0 Å². The second-order valence-corrected chi connectivity index (χ2v) is 4.34. The Morgan fingerprint density at radius 1 is 1.64 bits per heavy atom. The zero-order valence-electron chi connectivity index (χ0n) is 8.24. The van der Waals surface area contributed by atoms with Crippen LogP contribution >= 0.6 is 11.3 Å². The Balaban J connectivity index is 2.69. The Kier molecular flexibility index (Phi) is 2.26. The van der Waals surface area contributed by atoms with E-state index in [0.717, 1.165) is 17.1 Å². The van der Waals surface area contributed by atoms with Gasteiger partial charge in [-0.15, -0.1) is 11.3 Å². The molecule has 4 heteroatoms. The topological polar surface area (TPSA) is 41.1 Å². The van der Waals surface area contributed by atoms with Gasteiger partial charge in [0.1, 0.15) is 0 Å². The van der Waals surface area contributed by atoms with Gasteiger partial charge in [0.2, 0.25) is 0 Å². The van der Waals surface area contributed by atoms with Gasteiger partial charge in [-0.25, -0.2) is 4.98 Å². The molecule has 2 rings (SSSR count). The molecule has 3 nitrogen and oxygen atoms in total. The molecular formula is C10H11N3S. The van der Waals surface area contributed by atoms with Crippen LogP contribution in [0.5, 0.6) is 0 Å². The minimum Gasteiger partial charge on any atom is -0.290 e. The lowest BCUT2D eigenvalue weighted by Crippen LogP contribution is -1.95. The van der Waals surface area contributed by atoms with E-state index in [0.29, 0.717) is 6.42 Å². The summed E-state index contributed by atoms with van der Waals surface area (Å²) in [6.45, 7) is 4.24. The van der Waals surface area contributed by atoms with E-state index in [4.69, 9.17) is 5.26 Å². The summed E-state index contributed by atoms with van der Waals surface area (Å²) in [5.41, 5.74) is 2.29. The van der Waals surface area contributed by atoms with Crippen molar-refractivity contribution in [1.82, 2.24) is 9.38 Å². The third-order valence-electron chi connectivity index (χ3n) is 2.32. The monoisotopic (exact) mass is 205 g/mol. The van der Waals surface area contributed by atoms with Gasteiger partial charge in [-0.2, -0.15) is 5.26 Å². The lowest BCUT2D eigenvalue weighted by atomic mass is 10.3. The molecule has 0 N–H and O–H groups in total. The fourth-order valence-electron chi connectivity index (χ4n) is 1.69. The van der Waals surface area contributed by atoms with Crippen molar-refractivity contribution >= 4 is 16.3 Å². The highest BCUT2D eigenvalue weighted by Gasteiger charge is 2.11. The third-order valence-corrected chi connectivity index (χ3v) is 3.33. The highest BCUT2D eigenvalue weighted by atomic mass is 32.1. The Morgan fingerprint density at radius 3 is 3.07 bits per heavy atom. The maximum absolute atomic E-state index is 8.68. The normalized spacial score (nSPS) is 10.6. The average molecular weight is 205 g/mol. The average Bonchev–Trinajstić information content (AvgIpc) is 2.66. The highest BCUT2D eigenvalue weighted by Crippen LogP contribution is 2.24. The van der Waals surface area contributed by atoms with Crippen LogP contribution in [0.4, 0.5) is 0 Å². The van der Waals surface area contributed by atoms with Crippen LogP contribution < -0.4 is 0 Å². The lowest BCUT2D eigenvalue weighted by Gasteiger charge is -1.98. The van der Waals surface area contributed by atoms with Crippen molar-refractivity contribution in [3.05, 3.63) is 22.5 Å². The lowest BCUT2D eigenvalue weighted by molar-refractivity contribution is 0.941. The maximum atomic E-state index is 8.68. The fraction of sp³-hybridized carbons (Fsp3) is 0.400. The molecule has 14 heavy (non-hydrogen) atoms. The molecule has 0 spiro atoms. The minimum absolute atomic E-state index is 0.435. The molecule has 0 saturated heterocycles. The number of hydrogen-bond acceptors (Lipinski definition) is 3. The van der Waals surface area contributed by atoms with E-state index >= 15 is 0 Å². The summed E-state index contributed by atoms with van der Waals surface area (Å²) in [5, 5.41) is 8.68. The van der Waals surface area contributed by atoms with Gasteiger partial charge in [-0.1, -0.05) is 6.92 Å². The molecule has 2 aromatic rings. The zero-order chi connectivity index (χ0) is 10.1. The molecule has 0 amide bonds. The van der Waals surface area contributed by atoms with Crippen LogP contribution in [0, 0.1) is 18.3 Å². The Hall–Kier alpha value is -1.34. The molecule has 0 aromatic carbocycles. The highest BCUT2D eigenvalue weighted by molar-refractivity contribution is 7.17. The molecule has 0 aliphatic carbocycles. The van der Waals surface area contributed by atoms with Crippen molar-refractivity contribution in [3.63, 3.8) is 0 Å². The summed E-state index contributed by atoms with van der Waals surface area (Å²) >= 11 is 1.69. The molecular weight excluding hydrogens is 194 g/mol. The molecule has 0 unspecified atom stereocenters. The summed E-state index contributed by atoms with van der Waals surface area (Å²) < 4.78 is 2.11. The van der Waals surface area contributed by atoms with Crippen LogP contribution in [0.25, 0.3) is 4.96 Å². The number of fused-ring (bicyclic) bond motifs is 1. The summed E-state index contributed by atoms with van der Waals surface area (Å²) in [7, 11) is 0. The molecule has 0 atom stereocenters. The van der Waals surface area contributed by atoms with Crippen molar-refractivity contribution in [1.29, 1.82) is 5.26 Å². The largest absolute Gasteiger partial charge is 0.290 e. The first-order valence-corrected chi connectivity index (χ1v) is 5.41. The molecule has 0 bridgehead atoms. The van der Waals surface area contributed by atoms with E-state index in [1.165, 1.54) is 10.6 Å². The van der Waals surface area contributed by atoms with Crippen LogP contribution in [-0.4, -0.2) is 9.38 Å². The second kappa shape index (κ2) is 3.43. The van der Waals surface area contributed by atoms with Gasteiger partial charge in [0.05, 0.1) is 24.4 Å². The number of thiazole rings is 1. The third kappa shape index (κ3) is 1.21. The van der Waals surface area contributed by atoms with Crippen molar-refractivity contribution in [3.8, 4) is 6.07 Å². The van der Waals surface area contributed by atoms with Gasteiger partial charge in [0.15, 0.2) is 4.96 Å². The fourth-order valence-corrected chi connectivity index (χ4v) is 2.75. The van der Waals surface area contributed by atoms with E-state index in [2.05, 4.69) is 29.3 Å². The maximum Gasteiger partial charge on any atom is 0.194 e. The Bertz CT molecular complexity index is 501. The van der Waals surface area contributed by atoms with Gasteiger partial charge in [0, 0.05) is 10.6 Å². The number of imidazole rings is 1. The molecule has 72 valence electrons. The molecule has 0 fully saturated rings. The quantitative estimate of drug-likeness (QED) is 0.755. The standard InChI is InChI=1S/C10H11N3S/c1-3-9-7(2)14-10-12-6-8(4-5-11)13(9)10/h6H,3-4H2,1-2H3. The molecule has 0 aliphatic rings. The number of nitrogens with zero attached hydrogens (tertiary/aromatic N) is 3. The van der Waals surface area contributed by atoms with Gasteiger partial charge in [-0.05, 0) is 13.3 Å². The summed E-state index contributed by atoms with van der Waals surface area (Å²) in [6.07, 6.45) is 3.22. The van der Waals surface area contributed by atoms with E-state index in [1.807, 2.05) is 0 Å². The van der Waals surface area contributed by atoms with E-state index in [9.17, 15) is 0 Å². The summed E-state index contributed by atoms with van der Waals surface area (Å²) in [4.78, 5) is 6.60. The smallest absolute Gasteiger partial charge is 0.194 e. The predicted molar refractivity (Wildman–Crippen MR) is 56.5 cm³/mol. The van der Waals surface area contributed by atoms with Crippen LogP contribution in [-0.2, 0) is 12.8 Å². The summed E-state index contributed by atoms with van der Waals surface area (Å²) in [5.74, 6) is 0. The summed E-state index contributed by atoms with van der Waals surface area (Å²) in [6, 6.07) is 2.17. The first-order valence-electron chi connectivity index (χ1n) is 4.59. The Labute approximate surface area is 86.6 Å². The van der Waals surface area contributed by atoms with Gasteiger partial charge >= 0.3 is 0 Å². The number of nitriles is 1. The number of aryl methyl sites for hydroxylation is 2. The van der Waals surface area contributed by atoms with Crippen LogP contribution in [0.2, 0.25) is 0 Å². The predicted octanol–water partition coefficient (Wildman–Crippen LogP) is 2.33. The SMILES string of the molecule is CCc1c(C)sc2ncc(CC#N)n12. The van der Waals surface area contributed by atoms with E-state index in [1.54, 1.807) is 17.5 Å². The Morgan fingerprint density at radius 2 is 2.43 bits per heavy atom. The molecule has 0 radical (unpaired) electrons. The van der Waals surface area contributed by atoms with Gasteiger partial charge in [-0.3, -0.25) is 4.40 Å². The van der Waals surface area contributed by atoms with Gasteiger partial charge in [0.25, 0.3) is 0 Å². The molecule has 0 saturated carbocycles. The molecule has 2 aromatic heterocycles. The van der Waals surface area contributed by atoms with Crippen molar-refractivity contribution in [2.24, 2.45) is 0 Å². The van der Waals surface area contributed by atoms with E-state index in [-0.39, 0.29) is 0 Å². The second-order valence-electron chi connectivity index (χ2n) is 3.16.